The molecule has 0 saturated carbocycles. The van der Waals surface area contributed by atoms with Gasteiger partial charge in [-0.25, -0.2) is 0 Å². The van der Waals surface area contributed by atoms with Crippen LogP contribution in [0.5, 0.6) is 0 Å². The van der Waals surface area contributed by atoms with Gasteiger partial charge in [-0.05, 0) is 6.92 Å². The van der Waals surface area contributed by atoms with Gasteiger partial charge in [-0.15, -0.1) is 52.6 Å². The van der Waals surface area contributed by atoms with Crippen molar-refractivity contribution in [3.8, 4) is 0 Å². The first kappa shape index (κ1) is 30.5. The molecule has 0 saturated heterocycles. The van der Waals surface area contributed by atoms with Crippen LogP contribution in [0.3, 0.4) is 0 Å². The number of carbonyl (C=O) groups excluding carboxylic acids is 1. The summed E-state index contributed by atoms with van der Waals surface area (Å²) in [6.45, 7) is 25.2. The van der Waals surface area contributed by atoms with Gasteiger partial charge >= 0.3 is 0 Å². The quantitative estimate of drug-likeness (QED) is 0.451. The number of aliphatic hydroxyl groups is 4. The highest BCUT2D eigenvalue weighted by molar-refractivity contribution is 5.56. The van der Waals surface area contributed by atoms with Crippen molar-refractivity contribution in [1.82, 2.24) is 0 Å². The largest absolute Gasteiger partial charge is 0.391 e. The van der Waals surface area contributed by atoms with Crippen LogP contribution < -0.4 is 0 Å². The predicted molar refractivity (Wildman–Crippen MR) is 80.8 cm³/mol. The molecule has 5 nitrogen and oxygen atoms in total. The minimum atomic E-state index is -1.65. The van der Waals surface area contributed by atoms with Gasteiger partial charge in [0.2, 0.25) is 0 Å². The smallest absolute Gasteiger partial charge is 0.151 e. The van der Waals surface area contributed by atoms with Gasteiger partial charge in [0.15, 0.2) is 6.29 Å². The van der Waals surface area contributed by atoms with Gasteiger partial charge in [0, 0.05) is 0 Å². The van der Waals surface area contributed by atoms with Crippen molar-refractivity contribution in [1.29, 1.82) is 0 Å². The van der Waals surface area contributed by atoms with E-state index >= 15 is 0 Å². The summed E-state index contributed by atoms with van der Waals surface area (Å²) >= 11 is 0. The number of aliphatic hydroxyl groups excluding tert-OH is 4. The summed E-state index contributed by atoms with van der Waals surface area (Å²) < 4.78 is 0. The third kappa shape index (κ3) is 22.2. The van der Waals surface area contributed by atoms with Crippen LogP contribution >= 0.6 is 0 Å². The highest BCUT2D eigenvalue weighted by Crippen LogP contribution is 2.02. The molecule has 0 aromatic carbocycles. The van der Waals surface area contributed by atoms with Gasteiger partial charge in [-0.2, -0.15) is 0 Å². The van der Waals surface area contributed by atoms with E-state index in [1.165, 1.54) is 6.92 Å². The summed E-state index contributed by atoms with van der Waals surface area (Å²) in [5, 5.41) is 35.1. The summed E-state index contributed by atoms with van der Waals surface area (Å²) in [6.07, 6.45) is -5.88. The van der Waals surface area contributed by atoms with Crippen LogP contribution in [0.2, 0.25) is 0 Å². The minimum Gasteiger partial charge on any atom is -0.391 e. The van der Waals surface area contributed by atoms with E-state index < -0.39 is 24.4 Å². The Morgan fingerprint density at radius 3 is 1.16 bits per heavy atom. The van der Waals surface area contributed by atoms with Crippen molar-refractivity contribution in [2.45, 2.75) is 31.3 Å². The van der Waals surface area contributed by atoms with E-state index in [0.717, 1.165) is 0 Å². The van der Waals surface area contributed by atoms with Crippen LogP contribution in [0.4, 0.5) is 0 Å². The molecule has 0 unspecified atom stereocenters. The second-order valence-corrected chi connectivity index (χ2v) is 2.35. The Kier molecular flexibility index (Phi) is 48.1. The highest BCUT2D eigenvalue weighted by Gasteiger charge is 2.27. The fraction of sp³-hybridized carbons (Fsp3) is 0.357. The molecule has 0 aliphatic carbocycles. The molecule has 5 heteroatoms. The van der Waals surface area contributed by atoms with E-state index in [-0.39, 0.29) is 6.29 Å². The first-order chi connectivity index (χ1) is 9.00. The number of hydrogen-bond acceptors (Lipinski definition) is 5. The van der Waals surface area contributed by atoms with Gasteiger partial charge < -0.3 is 25.2 Å². The predicted octanol–water partition coefficient (Wildman–Crippen LogP) is 0.858. The number of hydrogen-bond donors (Lipinski definition) is 4. The Labute approximate surface area is 116 Å². The third-order valence-corrected chi connectivity index (χ3v) is 1.33. The zero-order valence-corrected chi connectivity index (χ0v) is 11.7. The van der Waals surface area contributed by atoms with Crippen LogP contribution in [0, 0.1) is 0 Å². The van der Waals surface area contributed by atoms with Crippen LogP contribution in [0.1, 0.15) is 6.92 Å². The van der Waals surface area contributed by atoms with E-state index in [0.29, 0.717) is 0 Å². The molecule has 19 heavy (non-hydrogen) atoms. The monoisotopic (exact) mass is 276 g/mol. The van der Waals surface area contributed by atoms with Gasteiger partial charge in [0.1, 0.15) is 18.3 Å². The Hall–Kier alpha value is -1.53. The molecule has 114 valence electrons. The van der Waals surface area contributed by atoms with Gasteiger partial charge in [-0.1, -0.05) is 0 Å². The van der Waals surface area contributed by atoms with Crippen LogP contribution in [0.25, 0.3) is 0 Å². The lowest BCUT2D eigenvalue weighted by Gasteiger charge is -2.21. The van der Waals surface area contributed by atoms with Crippen molar-refractivity contribution >= 4 is 6.29 Å². The molecule has 0 fully saturated rings. The molecule has 4 N–H and O–H groups in total. The van der Waals surface area contributed by atoms with Crippen molar-refractivity contribution < 1.29 is 25.2 Å². The number of rotatable bonds is 4. The molecule has 0 aromatic heterocycles. The van der Waals surface area contributed by atoms with E-state index in [4.69, 9.17) is 20.4 Å². The van der Waals surface area contributed by atoms with Gasteiger partial charge in [-0.3, -0.25) is 0 Å². The van der Waals surface area contributed by atoms with Gasteiger partial charge in [0.05, 0.1) is 6.10 Å². The van der Waals surface area contributed by atoms with Crippen molar-refractivity contribution in [3.05, 3.63) is 52.6 Å². The summed E-state index contributed by atoms with van der Waals surface area (Å²) in [6, 6.07) is 0. The fourth-order valence-corrected chi connectivity index (χ4v) is 0.568. The van der Waals surface area contributed by atoms with E-state index in [2.05, 4.69) is 52.6 Å². The average Bonchev–Trinajstić information content (AvgIpc) is 2.52. The summed E-state index contributed by atoms with van der Waals surface area (Å²) in [7, 11) is 0. The molecule has 0 aromatic rings. The van der Waals surface area contributed by atoms with E-state index in [1.807, 2.05) is 0 Å². The number of carbonyl (C=O) groups is 1. The van der Waals surface area contributed by atoms with Crippen LogP contribution in [-0.4, -0.2) is 51.1 Å². The number of aldehydes is 1. The second kappa shape index (κ2) is 30.0. The SMILES string of the molecule is C=C.C=C.C=C.C=C.C[C@H](O)[C@@H](O)[C@@H](O)[C@H](O)C=O. The van der Waals surface area contributed by atoms with E-state index in [1.54, 1.807) is 0 Å². The lowest BCUT2D eigenvalue weighted by atomic mass is 10.1. The van der Waals surface area contributed by atoms with Crippen molar-refractivity contribution in [2.24, 2.45) is 0 Å². The summed E-state index contributed by atoms with van der Waals surface area (Å²) in [5.41, 5.74) is 0. The molecular weight excluding hydrogens is 248 g/mol. The second-order valence-electron chi connectivity index (χ2n) is 2.35. The average molecular weight is 276 g/mol. The molecule has 0 aliphatic heterocycles. The maximum atomic E-state index is 9.87. The lowest BCUT2D eigenvalue weighted by Crippen LogP contribution is -2.43. The molecule has 4 atom stereocenters. The van der Waals surface area contributed by atoms with E-state index in [9.17, 15) is 4.79 Å². The molecule has 0 aliphatic rings. The molecule has 0 bridgehead atoms. The maximum absolute atomic E-state index is 9.87. The van der Waals surface area contributed by atoms with Gasteiger partial charge in [0.25, 0.3) is 0 Å². The maximum Gasteiger partial charge on any atom is 0.151 e. The molecule has 0 rings (SSSR count). The van der Waals surface area contributed by atoms with Crippen LogP contribution in [-0.2, 0) is 4.79 Å². The summed E-state index contributed by atoms with van der Waals surface area (Å²) in [5.74, 6) is 0. The first-order valence-corrected chi connectivity index (χ1v) is 5.18. The molecule has 0 spiro atoms. The topological polar surface area (TPSA) is 98.0 Å². The zero-order chi connectivity index (χ0) is 17.0. The van der Waals surface area contributed by atoms with Crippen molar-refractivity contribution in [3.63, 3.8) is 0 Å². The zero-order valence-electron chi connectivity index (χ0n) is 11.7. The molecular formula is C14H28O5. The highest BCUT2D eigenvalue weighted by atomic mass is 16.4. The first-order valence-electron chi connectivity index (χ1n) is 5.18. The normalized spacial score (nSPS) is 13.5. The minimum absolute atomic E-state index is 0.0935. The molecule has 0 radical (unpaired) electrons. The third-order valence-electron chi connectivity index (χ3n) is 1.33. The Morgan fingerprint density at radius 2 is 1.00 bits per heavy atom. The van der Waals surface area contributed by atoms with Crippen LogP contribution in [0.15, 0.2) is 52.6 Å². The Bertz CT molecular complexity index is 165. The molecule has 0 heterocycles. The van der Waals surface area contributed by atoms with Crippen molar-refractivity contribution in [2.75, 3.05) is 0 Å². The Morgan fingerprint density at radius 1 is 0.737 bits per heavy atom. The fourth-order valence-electron chi connectivity index (χ4n) is 0.568. The molecule has 0 amide bonds. The summed E-state index contributed by atoms with van der Waals surface area (Å²) in [4.78, 5) is 9.87. The lowest BCUT2D eigenvalue weighted by molar-refractivity contribution is -0.132. The standard InChI is InChI=1S/C6H12O5.4C2H4/c1-3(8)5(10)6(11)4(9)2-7;4*1-2/h2-6,8-11H,1H3;4*1-2H2/t3-,4+,5+,6-;;;;/m0..../s1. The Balaban J connectivity index is -0.0000000693.